The number of nitrogens with one attached hydrogen (secondary N) is 1. The van der Waals surface area contributed by atoms with E-state index < -0.39 is 0 Å². The smallest absolute Gasteiger partial charge is 0.127 e. The Morgan fingerprint density at radius 1 is 0.926 bits per heavy atom. The predicted octanol–water partition coefficient (Wildman–Crippen LogP) is 5.18. The number of anilines is 1. The van der Waals surface area contributed by atoms with Crippen molar-refractivity contribution in [3.8, 4) is 11.8 Å². The van der Waals surface area contributed by atoms with Gasteiger partial charge in [-0.1, -0.05) is 48.5 Å². The lowest BCUT2D eigenvalue weighted by atomic mass is 10.0. The molecule has 1 aliphatic rings. The molecule has 4 rings (SSSR count). The molecule has 0 radical (unpaired) electrons. The molecule has 4 nitrogen and oxygen atoms in total. The maximum Gasteiger partial charge on any atom is 0.127 e. The summed E-state index contributed by atoms with van der Waals surface area (Å²) in [7, 11) is 1.61. The van der Waals surface area contributed by atoms with Gasteiger partial charge in [0.1, 0.15) is 11.8 Å². The summed E-state index contributed by atoms with van der Waals surface area (Å²) in [5.74, 6) is 0.651. The fourth-order valence-electron chi connectivity index (χ4n) is 3.16. The molecule has 1 aliphatic heterocycles. The van der Waals surface area contributed by atoms with Gasteiger partial charge in [0, 0.05) is 16.8 Å². The van der Waals surface area contributed by atoms with Gasteiger partial charge in [-0.2, -0.15) is 5.26 Å². The predicted molar refractivity (Wildman–Crippen MR) is 108 cm³/mol. The molecule has 130 valence electrons. The number of fused-ring (bicyclic) bond motifs is 1. The maximum atomic E-state index is 9.96. The second-order valence-electron chi connectivity index (χ2n) is 6.03. The fourth-order valence-corrected chi connectivity index (χ4v) is 3.16. The van der Waals surface area contributed by atoms with Crippen LogP contribution in [-0.4, -0.2) is 12.8 Å². The van der Waals surface area contributed by atoms with Crippen LogP contribution >= 0.6 is 0 Å². The fraction of sp³-hybridized carbons (Fsp3) is 0.0435. The zero-order chi connectivity index (χ0) is 18.6. The highest BCUT2D eigenvalue weighted by atomic mass is 16.5. The third-order valence-corrected chi connectivity index (χ3v) is 4.41. The number of nitriles is 1. The molecule has 0 unspecified atom stereocenters. The molecule has 0 atom stereocenters. The molecule has 1 N–H and O–H groups in total. The van der Waals surface area contributed by atoms with E-state index in [-0.39, 0.29) is 0 Å². The van der Waals surface area contributed by atoms with Crippen molar-refractivity contribution in [2.24, 2.45) is 4.99 Å². The molecule has 3 aromatic carbocycles. The van der Waals surface area contributed by atoms with Crippen LogP contribution in [0.1, 0.15) is 11.1 Å². The van der Waals surface area contributed by atoms with Crippen molar-refractivity contribution in [1.29, 1.82) is 5.26 Å². The molecule has 0 bridgehead atoms. The SMILES string of the molecule is COc1ccccc1/C(C#N)=C1\Nc2ccccc2C1=Nc1ccccc1. The van der Waals surface area contributed by atoms with Crippen LogP contribution in [0.4, 0.5) is 11.4 Å². The van der Waals surface area contributed by atoms with Crippen LogP contribution in [0.25, 0.3) is 5.57 Å². The van der Waals surface area contributed by atoms with Crippen molar-refractivity contribution in [3.63, 3.8) is 0 Å². The van der Waals surface area contributed by atoms with Gasteiger partial charge in [-0.05, 0) is 30.3 Å². The summed E-state index contributed by atoms with van der Waals surface area (Å²) in [6.45, 7) is 0. The third kappa shape index (κ3) is 3.07. The lowest BCUT2D eigenvalue weighted by Crippen LogP contribution is -2.06. The Bertz CT molecular complexity index is 1090. The Labute approximate surface area is 158 Å². The van der Waals surface area contributed by atoms with Crippen molar-refractivity contribution in [1.82, 2.24) is 0 Å². The second kappa shape index (κ2) is 7.19. The standard InChI is InChI=1S/C23H17N3O/c1-27-21-14-8-6-11-17(21)19(15-24)23-22(25-16-9-3-2-4-10-16)18-12-5-7-13-20(18)26-23/h2-14,26H,1H3/b23-19-,25-22?. The largest absolute Gasteiger partial charge is 0.496 e. The molecular formula is C23H17N3O. The first-order chi connectivity index (χ1) is 13.3. The summed E-state index contributed by atoms with van der Waals surface area (Å²) in [5, 5.41) is 13.3. The van der Waals surface area contributed by atoms with E-state index in [1.165, 1.54) is 0 Å². The number of benzene rings is 3. The molecule has 0 aliphatic carbocycles. The van der Waals surface area contributed by atoms with Gasteiger partial charge in [0.2, 0.25) is 0 Å². The molecular weight excluding hydrogens is 334 g/mol. The maximum absolute atomic E-state index is 9.96. The molecule has 0 spiro atoms. The molecule has 0 fully saturated rings. The molecule has 1 heterocycles. The number of ether oxygens (including phenoxy) is 1. The van der Waals surface area contributed by atoms with Gasteiger partial charge in [-0.15, -0.1) is 0 Å². The minimum atomic E-state index is 0.498. The Hall–Kier alpha value is -3.84. The Morgan fingerprint density at radius 3 is 2.41 bits per heavy atom. The average molecular weight is 351 g/mol. The minimum Gasteiger partial charge on any atom is -0.496 e. The number of rotatable bonds is 3. The van der Waals surface area contributed by atoms with Gasteiger partial charge in [0.05, 0.1) is 29.8 Å². The van der Waals surface area contributed by atoms with Gasteiger partial charge in [-0.3, -0.25) is 0 Å². The molecule has 0 amide bonds. The van der Waals surface area contributed by atoms with Gasteiger partial charge in [0.15, 0.2) is 0 Å². The summed E-state index contributed by atoms with van der Waals surface area (Å²) >= 11 is 0. The summed E-state index contributed by atoms with van der Waals surface area (Å²) < 4.78 is 5.47. The van der Waals surface area contributed by atoms with Crippen LogP contribution in [0, 0.1) is 11.3 Å². The van der Waals surface area contributed by atoms with E-state index in [0.29, 0.717) is 17.0 Å². The Morgan fingerprint density at radius 2 is 1.63 bits per heavy atom. The van der Waals surface area contributed by atoms with Crippen LogP contribution in [0.2, 0.25) is 0 Å². The number of nitrogens with zero attached hydrogens (tertiary/aromatic N) is 2. The summed E-state index contributed by atoms with van der Waals surface area (Å²) in [4.78, 5) is 4.84. The number of hydrogen-bond donors (Lipinski definition) is 1. The Balaban J connectivity index is 1.96. The first-order valence-electron chi connectivity index (χ1n) is 8.60. The minimum absolute atomic E-state index is 0.498. The molecule has 3 aromatic rings. The topological polar surface area (TPSA) is 57.4 Å². The Kier molecular flexibility index (Phi) is 4.42. The average Bonchev–Trinajstić information content (AvgIpc) is 3.08. The van der Waals surface area contributed by atoms with Crippen molar-refractivity contribution < 1.29 is 4.74 Å². The van der Waals surface area contributed by atoms with Gasteiger partial charge in [-0.25, -0.2) is 4.99 Å². The van der Waals surface area contributed by atoms with Crippen LogP contribution in [0.15, 0.2) is 89.6 Å². The first kappa shape index (κ1) is 16.6. The molecule has 0 saturated heterocycles. The molecule has 4 heteroatoms. The van der Waals surface area contributed by atoms with E-state index in [1.807, 2.05) is 78.9 Å². The first-order valence-corrected chi connectivity index (χ1v) is 8.60. The lowest BCUT2D eigenvalue weighted by Gasteiger charge is -2.10. The summed E-state index contributed by atoms with van der Waals surface area (Å²) in [6, 6.07) is 27.5. The van der Waals surface area contributed by atoms with E-state index in [1.54, 1.807) is 7.11 Å². The van der Waals surface area contributed by atoms with Crippen LogP contribution in [0.5, 0.6) is 5.75 Å². The number of para-hydroxylation sites is 3. The van der Waals surface area contributed by atoms with E-state index in [0.717, 1.165) is 28.2 Å². The second-order valence-corrected chi connectivity index (χ2v) is 6.03. The zero-order valence-electron chi connectivity index (χ0n) is 14.8. The highest BCUT2D eigenvalue weighted by Gasteiger charge is 2.27. The van der Waals surface area contributed by atoms with Gasteiger partial charge >= 0.3 is 0 Å². The lowest BCUT2D eigenvalue weighted by molar-refractivity contribution is 0.413. The highest BCUT2D eigenvalue weighted by Crippen LogP contribution is 2.36. The molecule has 27 heavy (non-hydrogen) atoms. The van der Waals surface area contributed by atoms with Crippen molar-refractivity contribution >= 4 is 22.7 Å². The molecule has 0 aromatic heterocycles. The van der Waals surface area contributed by atoms with Crippen LogP contribution in [-0.2, 0) is 0 Å². The quantitative estimate of drug-likeness (QED) is 0.662. The highest BCUT2D eigenvalue weighted by molar-refractivity contribution is 6.26. The monoisotopic (exact) mass is 351 g/mol. The number of hydrogen-bond acceptors (Lipinski definition) is 4. The number of methoxy groups -OCH3 is 1. The van der Waals surface area contributed by atoms with E-state index >= 15 is 0 Å². The van der Waals surface area contributed by atoms with Gasteiger partial charge in [0.25, 0.3) is 0 Å². The van der Waals surface area contributed by atoms with Crippen molar-refractivity contribution in [3.05, 3.63) is 95.7 Å². The third-order valence-electron chi connectivity index (χ3n) is 4.41. The number of allylic oxidation sites excluding steroid dienone is 2. The number of aliphatic imine (C=N–C) groups is 1. The van der Waals surface area contributed by atoms with Gasteiger partial charge < -0.3 is 10.1 Å². The molecule has 0 saturated carbocycles. The van der Waals surface area contributed by atoms with Crippen LogP contribution in [0.3, 0.4) is 0 Å². The summed E-state index contributed by atoms with van der Waals surface area (Å²) in [6.07, 6.45) is 0. The zero-order valence-corrected chi connectivity index (χ0v) is 14.8. The van der Waals surface area contributed by atoms with E-state index in [2.05, 4.69) is 11.4 Å². The van der Waals surface area contributed by atoms with E-state index in [9.17, 15) is 5.26 Å². The van der Waals surface area contributed by atoms with E-state index in [4.69, 9.17) is 9.73 Å². The normalized spacial score (nSPS) is 15.6. The van der Waals surface area contributed by atoms with Crippen LogP contribution < -0.4 is 10.1 Å². The van der Waals surface area contributed by atoms with Crippen molar-refractivity contribution in [2.45, 2.75) is 0 Å². The summed E-state index contributed by atoms with van der Waals surface area (Å²) in [5.41, 5.74) is 5.41. The van der Waals surface area contributed by atoms with Crippen molar-refractivity contribution in [2.75, 3.05) is 12.4 Å².